The summed E-state index contributed by atoms with van der Waals surface area (Å²) in [5.41, 5.74) is 18.6. The number of aliphatic hydroxyl groups is 1. The van der Waals surface area contributed by atoms with Crippen LogP contribution < -0.4 is 51.1 Å². The molecule has 12 rings (SSSR count). The van der Waals surface area contributed by atoms with Crippen LogP contribution in [0.1, 0.15) is 68.8 Å². The SMILES string of the molecule is Cc1cn([C@H]2C[C@H](OP(=O)(O)OC[C@H]3O[C@@H](n4ccc(N)nc4=O)C[C@@H]3OP(=O)(O)OC[C@H]3O[C@@H](n4cnc5c(N)ncnc54)C[C@@H]3O)[C@@H](COP(=O)(O)O[C@H]3C[C@H](n4cnc5c(=O)[nH]c(N)nc54)O[C@@H]3COP(=O)(O)O[C@H]3C[C@H](n4ccc(N)nc4=O)O[C@@H]3CO[P+](=O)O)O2)c(=O)[nH]c1=O. The van der Waals surface area contributed by atoms with Crippen LogP contribution in [0, 0.1) is 6.92 Å². The van der Waals surface area contributed by atoms with E-state index in [0.29, 0.717) is 0 Å². The van der Waals surface area contributed by atoms with Crippen molar-refractivity contribution in [1.82, 2.24) is 67.7 Å². The van der Waals surface area contributed by atoms with Gasteiger partial charge in [0.1, 0.15) is 116 Å². The average Bonchev–Trinajstić information content (AvgIpc) is 1.65. The summed E-state index contributed by atoms with van der Waals surface area (Å²) in [7, 11) is -25.0. The van der Waals surface area contributed by atoms with E-state index in [2.05, 4.69) is 44.9 Å². The monoisotopic (exact) mass is 1530 g/mol. The number of nitrogens with two attached hydrogens (primary N) is 4. The molecule has 0 aliphatic carbocycles. The maximum Gasteiger partial charge on any atom is 0.694 e. The van der Waals surface area contributed by atoms with Crippen LogP contribution in [0.2, 0.25) is 0 Å². The third-order valence-electron chi connectivity index (χ3n) is 16.2. The first-order chi connectivity index (χ1) is 47.7. The third-order valence-corrected chi connectivity index (χ3v) is 20.6. The number of H-pyrrole nitrogens is 2. The number of anilines is 4. The number of aromatic amines is 2. The van der Waals surface area contributed by atoms with Gasteiger partial charge in [0.25, 0.3) is 11.1 Å². The van der Waals surface area contributed by atoms with Gasteiger partial charge in [-0.15, -0.1) is 9.42 Å². The minimum absolute atomic E-state index is 0.0205. The number of aryl methyl sites for hydroxylation is 1. The van der Waals surface area contributed by atoms with E-state index in [9.17, 15) is 76.4 Å². The Kier molecular flexibility index (Phi) is 21.5. The Balaban J connectivity index is 0.739. The molecule has 0 radical (unpaired) electrons. The number of fused-ring (bicyclic) bond motifs is 2. The van der Waals surface area contributed by atoms with Gasteiger partial charge < -0.3 is 71.3 Å². The van der Waals surface area contributed by atoms with Crippen LogP contribution in [0.15, 0.2) is 73.7 Å². The third kappa shape index (κ3) is 17.0. The van der Waals surface area contributed by atoms with E-state index < -0.39 is 212 Å². The second kappa shape index (κ2) is 29.5. The second-order valence-corrected chi connectivity index (χ2v) is 29.3. The Morgan fingerprint density at radius 1 is 0.535 bits per heavy atom. The molecule has 7 aromatic rings. The smallest absolute Gasteiger partial charge is 0.390 e. The first kappa shape index (κ1) is 73.5. The van der Waals surface area contributed by atoms with E-state index in [1.165, 1.54) is 48.7 Å². The van der Waals surface area contributed by atoms with Crippen molar-refractivity contribution in [3.05, 3.63) is 107 Å². The molecule has 5 saturated heterocycles. The number of aromatic nitrogens is 14. The standard InChI is InChI=1S/C48H61N18O30P5/c1-20-11-64(48(72)61-43(20)68)36-9-24(95-100(79,80)85-14-28-23(8-35(90-28)63-5-3-32(50)58-47(63)71)94-98(75,76)84-13-26-21(67)6-33(88-26)65-18-55-38-40(51)53-17-54-41(38)65)29(91-36)15-86-101(81,82)96-25-10-37(66-19-56-39-42(66)59-45(52)60-44(39)69)92-30(25)16-87-99(77,78)93-22-7-34(89-27(22)12-83-97(73)74)62-4-2-31(49)57-46(62)70/h2-5,11,17-19,21-30,33-37,67H,6-10,12-16H2,1H3,(H14-,49,50,51,52,53,54,57,58,59,60,61,68,69,70,71,72,73,74,75,76,77,78,79,80,81,82)/p+1/t21-,22-,23-,24-,25-,26+,27+,28+,29+,30+,33+,34+,35+,36+,37+/m0/s1. The molecule has 20 atom stereocenters. The number of ether oxygens (including phenoxy) is 5. The summed E-state index contributed by atoms with van der Waals surface area (Å²) in [6.07, 6.45) is -17.0. The molecule has 0 spiro atoms. The summed E-state index contributed by atoms with van der Waals surface area (Å²) in [6, 6.07) is 2.47. The minimum Gasteiger partial charge on any atom is -0.390 e. The average molecular weight is 1530 g/mol. The number of hydrogen-bond acceptors (Lipinski definition) is 36. The molecule has 548 valence electrons. The fraction of sp³-hybridized carbons (Fsp3) is 0.542. The van der Waals surface area contributed by atoms with Gasteiger partial charge in [-0.2, -0.15) is 15.0 Å². The Labute approximate surface area is 562 Å². The van der Waals surface area contributed by atoms with Crippen LogP contribution in [0.5, 0.6) is 0 Å². The molecule has 16 N–H and O–H groups in total. The number of nitrogen functional groups attached to an aromatic ring is 4. The fourth-order valence-corrected chi connectivity index (χ4v) is 15.6. The van der Waals surface area contributed by atoms with Crippen molar-refractivity contribution in [2.45, 2.75) is 131 Å². The summed E-state index contributed by atoms with van der Waals surface area (Å²) < 4.78 is 151. The summed E-state index contributed by atoms with van der Waals surface area (Å²) in [5.74, 6) is -0.630. The molecule has 5 fully saturated rings. The normalized spacial score (nSPS) is 29.5. The van der Waals surface area contributed by atoms with Crippen LogP contribution in [0.25, 0.3) is 22.3 Å². The highest BCUT2D eigenvalue weighted by Gasteiger charge is 2.50. The number of rotatable bonds is 28. The zero-order valence-electron chi connectivity index (χ0n) is 51.7. The van der Waals surface area contributed by atoms with Crippen molar-refractivity contribution in [3.8, 4) is 0 Å². The van der Waals surface area contributed by atoms with Gasteiger partial charge in [0.05, 0.1) is 45.2 Å². The van der Waals surface area contributed by atoms with E-state index in [1.54, 1.807) is 0 Å². The van der Waals surface area contributed by atoms with Gasteiger partial charge in [-0.25, -0.2) is 52.6 Å². The Bertz CT molecular complexity index is 4790. The van der Waals surface area contributed by atoms with Crippen LogP contribution in [-0.4, -0.2) is 191 Å². The van der Waals surface area contributed by atoms with Gasteiger partial charge in [0.15, 0.2) is 22.6 Å². The minimum atomic E-state index is -5.57. The van der Waals surface area contributed by atoms with E-state index in [0.717, 1.165) is 30.8 Å². The zero-order chi connectivity index (χ0) is 72.2. The van der Waals surface area contributed by atoms with Crippen molar-refractivity contribution in [2.24, 2.45) is 0 Å². The van der Waals surface area contributed by atoms with Crippen LogP contribution in [0.3, 0.4) is 0 Å². The molecule has 12 heterocycles. The molecular formula is C48H62N18O30P5+. The number of phosphoric acid groups is 4. The maximum atomic E-state index is 14.2. The fourth-order valence-electron chi connectivity index (χ4n) is 11.5. The van der Waals surface area contributed by atoms with Crippen molar-refractivity contribution in [1.29, 1.82) is 0 Å². The number of nitrogens with one attached hydrogen (secondary N) is 2. The topological polar surface area (TPSA) is 672 Å². The van der Waals surface area contributed by atoms with Crippen LogP contribution in [0.4, 0.5) is 23.4 Å². The van der Waals surface area contributed by atoms with E-state index in [1.807, 2.05) is 0 Å². The van der Waals surface area contributed by atoms with Gasteiger partial charge in [-0.1, -0.05) is 0 Å². The number of hydrogen-bond donors (Lipinski definition) is 12. The summed E-state index contributed by atoms with van der Waals surface area (Å²) >= 11 is 0. The van der Waals surface area contributed by atoms with Crippen LogP contribution >= 0.6 is 39.5 Å². The maximum absolute atomic E-state index is 14.2. The molecular weight excluding hydrogens is 1460 g/mol. The molecule has 5 unspecified atom stereocenters. The van der Waals surface area contributed by atoms with Crippen LogP contribution in [-0.2, 0) is 87.2 Å². The first-order valence-corrected chi connectivity index (χ1v) is 36.9. The number of imidazole rings is 2. The predicted octanol–water partition coefficient (Wildman–Crippen LogP) is -1.87. The quantitative estimate of drug-likeness (QED) is 0.0239. The van der Waals surface area contributed by atoms with Gasteiger partial charge in [0, 0.05) is 60.8 Å². The van der Waals surface area contributed by atoms with Gasteiger partial charge in [-0.3, -0.25) is 78.6 Å². The molecule has 53 heteroatoms. The molecule has 0 bridgehead atoms. The molecule has 101 heavy (non-hydrogen) atoms. The molecule has 0 amide bonds. The number of nitrogens with zero attached hydrogens (tertiary/aromatic N) is 12. The van der Waals surface area contributed by atoms with E-state index >= 15 is 0 Å². The highest BCUT2D eigenvalue weighted by molar-refractivity contribution is 7.48. The lowest BCUT2D eigenvalue weighted by atomic mass is 10.2. The van der Waals surface area contributed by atoms with Gasteiger partial charge in [-0.05, 0) is 19.1 Å². The van der Waals surface area contributed by atoms with Crippen molar-refractivity contribution in [3.63, 3.8) is 0 Å². The van der Waals surface area contributed by atoms with Crippen molar-refractivity contribution < 1.29 is 117 Å². The summed E-state index contributed by atoms with van der Waals surface area (Å²) in [5, 5.41) is 10.9. The Hall–Kier alpha value is -7.24. The largest absolute Gasteiger partial charge is 0.694 e. The lowest BCUT2D eigenvalue weighted by molar-refractivity contribution is -0.0642. The zero-order valence-corrected chi connectivity index (χ0v) is 56.2. The van der Waals surface area contributed by atoms with Gasteiger partial charge >= 0.3 is 56.6 Å². The first-order valence-electron chi connectivity index (χ1n) is 29.8. The van der Waals surface area contributed by atoms with Crippen molar-refractivity contribution >= 4 is 85.3 Å². The number of phosphoric ester groups is 4. The number of aliphatic hydroxyl groups excluding tert-OH is 1. The molecule has 48 nitrogen and oxygen atoms in total. The molecule has 0 aromatic carbocycles. The van der Waals surface area contributed by atoms with E-state index in [4.69, 9.17) is 87.3 Å². The Morgan fingerprint density at radius 3 is 1.43 bits per heavy atom. The molecule has 5 aliphatic rings. The van der Waals surface area contributed by atoms with Gasteiger partial charge in [0.2, 0.25) is 5.95 Å². The lowest BCUT2D eigenvalue weighted by Crippen LogP contribution is -2.33. The second-order valence-electron chi connectivity index (χ2n) is 23.0. The highest BCUT2D eigenvalue weighted by Crippen LogP contribution is 2.55. The predicted molar refractivity (Wildman–Crippen MR) is 331 cm³/mol. The Morgan fingerprint density at radius 2 is 0.950 bits per heavy atom. The summed E-state index contributed by atoms with van der Waals surface area (Å²) in [4.78, 5) is 151. The van der Waals surface area contributed by atoms with E-state index in [-0.39, 0.29) is 64.1 Å². The molecule has 5 aliphatic heterocycles. The molecule has 7 aromatic heterocycles. The summed E-state index contributed by atoms with van der Waals surface area (Å²) in [6.45, 7) is -3.34. The van der Waals surface area contributed by atoms with Crippen molar-refractivity contribution in [2.75, 3.05) is 56.0 Å². The lowest BCUT2D eigenvalue weighted by Gasteiger charge is -2.25. The molecule has 0 saturated carbocycles. The highest BCUT2D eigenvalue weighted by atomic mass is 31.2.